The number of piperidine rings is 1. The molecule has 1 saturated heterocycles. The van der Waals surface area contributed by atoms with E-state index in [1.165, 1.54) is 30.3 Å². The summed E-state index contributed by atoms with van der Waals surface area (Å²) in [4.78, 5) is 38.9. The molecule has 35 heavy (non-hydrogen) atoms. The van der Waals surface area contributed by atoms with E-state index in [1.807, 2.05) is 0 Å². The Hall–Kier alpha value is -3.39. The average molecular weight is 502 g/mol. The molecule has 1 aliphatic heterocycles. The maximum Gasteiger partial charge on any atom is 0.336 e. The molecule has 0 N–H and O–H groups in total. The molecule has 2 aromatic carbocycles. The van der Waals surface area contributed by atoms with Gasteiger partial charge in [0.05, 0.1) is 17.5 Å². The van der Waals surface area contributed by atoms with Crippen molar-refractivity contribution >= 4 is 34.4 Å². The van der Waals surface area contributed by atoms with E-state index >= 15 is 0 Å². The van der Waals surface area contributed by atoms with E-state index in [2.05, 4.69) is 0 Å². The van der Waals surface area contributed by atoms with Crippen molar-refractivity contribution in [1.29, 1.82) is 0 Å². The lowest BCUT2D eigenvalue weighted by atomic mass is 9.98. The third kappa shape index (κ3) is 5.48. The lowest BCUT2D eigenvalue weighted by molar-refractivity contribution is -0.152. The highest BCUT2D eigenvalue weighted by atomic mass is 35.5. The number of nitrogens with zero attached hydrogens (tertiary/aromatic N) is 1. The number of fused-ring (bicyclic) bond motifs is 1. The Morgan fingerprint density at radius 3 is 2.74 bits per heavy atom. The van der Waals surface area contributed by atoms with Crippen molar-refractivity contribution in [2.24, 2.45) is 5.92 Å². The van der Waals surface area contributed by atoms with Crippen LogP contribution in [-0.2, 0) is 14.3 Å². The second-order valence-electron chi connectivity index (χ2n) is 8.40. The van der Waals surface area contributed by atoms with Crippen LogP contribution in [0.2, 0.25) is 5.02 Å². The Balaban J connectivity index is 1.54. The lowest BCUT2D eigenvalue weighted by Gasteiger charge is -2.33. The highest BCUT2D eigenvalue weighted by molar-refractivity contribution is 6.33. The quantitative estimate of drug-likeness (QED) is 0.355. The van der Waals surface area contributed by atoms with Gasteiger partial charge in [0.2, 0.25) is 0 Å². The summed E-state index contributed by atoms with van der Waals surface area (Å²) in [6.07, 6.45) is 0.564. The molecule has 3 aromatic rings. The zero-order valence-corrected chi connectivity index (χ0v) is 20.1. The molecular formula is C26H25ClFNO6. The van der Waals surface area contributed by atoms with Gasteiger partial charge in [-0.2, -0.15) is 0 Å². The summed E-state index contributed by atoms with van der Waals surface area (Å²) in [6.45, 7) is 4.51. The monoisotopic (exact) mass is 501 g/mol. The van der Waals surface area contributed by atoms with Crippen LogP contribution in [0.15, 0.2) is 51.7 Å². The summed E-state index contributed by atoms with van der Waals surface area (Å²) in [6, 6.07) is 10.1. The minimum atomic E-state index is -0.824. The van der Waals surface area contributed by atoms with Crippen LogP contribution in [0, 0.1) is 11.7 Å². The van der Waals surface area contributed by atoms with Gasteiger partial charge in [-0.05, 0) is 57.0 Å². The minimum Gasteiger partial charge on any atom is -0.481 e. The minimum absolute atomic E-state index is 0.166. The number of benzene rings is 2. The van der Waals surface area contributed by atoms with Gasteiger partial charge in [-0.1, -0.05) is 11.6 Å². The zero-order chi connectivity index (χ0) is 25.1. The van der Waals surface area contributed by atoms with Crippen molar-refractivity contribution in [2.75, 3.05) is 19.7 Å². The fourth-order valence-electron chi connectivity index (χ4n) is 4.29. The molecule has 0 aliphatic carbocycles. The summed E-state index contributed by atoms with van der Waals surface area (Å²) in [5.41, 5.74) is 0.623. The molecule has 1 amide bonds. The van der Waals surface area contributed by atoms with Crippen LogP contribution < -0.4 is 10.4 Å². The summed E-state index contributed by atoms with van der Waals surface area (Å²) < 4.78 is 29.8. The Morgan fingerprint density at radius 2 is 2.00 bits per heavy atom. The fraction of sp³-hybridized carbons (Fsp3) is 0.346. The largest absolute Gasteiger partial charge is 0.481 e. The van der Waals surface area contributed by atoms with Gasteiger partial charge in [0.1, 0.15) is 17.1 Å². The Morgan fingerprint density at radius 1 is 1.20 bits per heavy atom. The van der Waals surface area contributed by atoms with Gasteiger partial charge in [0.25, 0.3) is 5.91 Å². The van der Waals surface area contributed by atoms with Crippen LogP contribution >= 0.6 is 11.6 Å². The number of esters is 1. The third-order valence-corrected chi connectivity index (χ3v) is 6.26. The number of hydrogen-bond acceptors (Lipinski definition) is 6. The first-order chi connectivity index (χ1) is 16.8. The van der Waals surface area contributed by atoms with E-state index in [4.69, 9.17) is 25.5 Å². The first-order valence-corrected chi connectivity index (χ1v) is 11.8. The first-order valence-electron chi connectivity index (χ1n) is 11.4. The molecule has 0 radical (unpaired) electrons. The van der Waals surface area contributed by atoms with Crippen LogP contribution in [0.25, 0.3) is 22.1 Å². The van der Waals surface area contributed by atoms with Crippen molar-refractivity contribution in [3.8, 4) is 16.9 Å². The highest BCUT2D eigenvalue weighted by Crippen LogP contribution is 2.34. The number of rotatable bonds is 6. The van der Waals surface area contributed by atoms with Gasteiger partial charge in [-0.15, -0.1) is 0 Å². The van der Waals surface area contributed by atoms with Gasteiger partial charge in [0.15, 0.2) is 6.10 Å². The number of likely N-dealkylation sites (tertiary alicyclic amines) is 1. The lowest BCUT2D eigenvalue weighted by Crippen LogP contribution is -2.47. The molecule has 0 bridgehead atoms. The summed E-state index contributed by atoms with van der Waals surface area (Å²) in [5, 5.41) is 0.747. The topological polar surface area (TPSA) is 86.0 Å². The molecule has 0 saturated carbocycles. The van der Waals surface area contributed by atoms with E-state index in [-0.39, 0.29) is 28.4 Å². The van der Waals surface area contributed by atoms with Gasteiger partial charge < -0.3 is 18.8 Å². The van der Waals surface area contributed by atoms with E-state index in [1.54, 1.807) is 30.9 Å². The number of carbonyl (C=O) groups is 2. The Bertz CT molecular complexity index is 1320. The zero-order valence-electron chi connectivity index (χ0n) is 19.4. The number of ether oxygens (including phenoxy) is 2. The molecule has 0 spiro atoms. The van der Waals surface area contributed by atoms with Gasteiger partial charge in [-0.25, -0.2) is 9.18 Å². The standard InChI is InChI=1S/C26H25ClFNO6/c1-3-33-26(32)16-5-4-10-29(14-16)25(31)15(2)34-18-7-9-20-21(13-24(30)35-23(20)12-18)19-8-6-17(28)11-22(19)27/h6-9,11-13,15-16H,3-5,10,14H2,1-2H3/t15?,16-/m0/s1. The van der Waals surface area contributed by atoms with Crippen molar-refractivity contribution in [3.05, 3.63) is 63.7 Å². The third-order valence-electron chi connectivity index (χ3n) is 5.95. The maximum atomic E-state index is 13.5. The number of halogens is 2. The van der Waals surface area contributed by atoms with Crippen LogP contribution in [0.3, 0.4) is 0 Å². The van der Waals surface area contributed by atoms with Crippen LogP contribution in [0.1, 0.15) is 26.7 Å². The molecule has 1 fully saturated rings. The molecule has 7 nitrogen and oxygen atoms in total. The van der Waals surface area contributed by atoms with E-state index in [0.29, 0.717) is 54.8 Å². The molecule has 1 aromatic heterocycles. The first kappa shape index (κ1) is 24.7. The normalized spacial score (nSPS) is 16.7. The van der Waals surface area contributed by atoms with Gasteiger partial charge >= 0.3 is 11.6 Å². The van der Waals surface area contributed by atoms with E-state index in [0.717, 1.165) is 0 Å². The predicted octanol–water partition coefficient (Wildman–Crippen LogP) is 4.82. The molecule has 1 aliphatic rings. The van der Waals surface area contributed by atoms with Gasteiger partial charge in [0, 0.05) is 41.7 Å². The SMILES string of the molecule is CCOC(=O)[C@H]1CCCN(C(=O)C(C)Oc2ccc3c(-c4ccc(F)cc4Cl)cc(=O)oc3c2)C1. The van der Waals surface area contributed by atoms with Crippen LogP contribution in [0.4, 0.5) is 4.39 Å². The summed E-state index contributed by atoms with van der Waals surface area (Å²) in [5.74, 6) is -1.02. The number of hydrogen-bond donors (Lipinski definition) is 0. The maximum absolute atomic E-state index is 13.5. The predicted molar refractivity (Wildman–Crippen MR) is 129 cm³/mol. The Labute approximate surface area is 206 Å². The van der Waals surface area contributed by atoms with Gasteiger partial charge in [-0.3, -0.25) is 9.59 Å². The smallest absolute Gasteiger partial charge is 0.336 e. The number of amides is 1. The highest BCUT2D eigenvalue weighted by Gasteiger charge is 2.32. The summed E-state index contributed by atoms with van der Waals surface area (Å²) >= 11 is 6.20. The fourth-order valence-corrected chi connectivity index (χ4v) is 4.56. The van der Waals surface area contributed by atoms with Crippen molar-refractivity contribution in [2.45, 2.75) is 32.8 Å². The van der Waals surface area contributed by atoms with Crippen molar-refractivity contribution in [3.63, 3.8) is 0 Å². The second kappa shape index (κ2) is 10.5. The van der Waals surface area contributed by atoms with Crippen LogP contribution in [-0.4, -0.2) is 42.6 Å². The molecule has 4 rings (SSSR count). The van der Waals surface area contributed by atoms with Crippen molar-refractivity contribution in [1.82, 2.24) is 4.90 Å². The molecule has 184 valence electrons. The molecule has 2 heterocycles. The second-order valence-corrected chi connectivity index (χ2v) is 8.80. The van der Waals surface area contributed by atoms with E-state index < -0.39 is 17.5 Å². The summed E-state index contributed by atoms with van der Waals surface area (Å²) in [7, 11) is 0. The molecule has 9 heteroatoms. The van der Waals surface area contributed by atoms with Crippen molar-refractivity contribution < 1.29 is 27.9 Å². The Kier molecular flexibility index (Phi) is 7.40. The number of carbonyl (C=O) groups excluding carboxylic acids is 2. The van der Waals surface area contributed by atoms with E-state index in [9.17, 15) is 18.8 Å². The molecule has 1 unspecified atom stereocenters. The average Bonchev–Trinajstić information content (AvgIpc) is 2.83. The van der Waals surface area contributed by atoms with Crippen LogP contribution in [0.5, 0.6) is 5.75 Å². The molecular weight excluding hydrogens is 477 g/mol. The molecule has 2 atom stereocenters.